The molecule has 0 aliphatic heterocycles. The summed E-state index contributed by atoms with van der Waals surface area (Å²) < 4.78 is 27.1. The molecule has 1 aromatic carbocycles. The number of hydrogen-bond acceptors (Lipinski definition) is 2. The standard InChI is InChI=1S/C14H10BrClF2N2/c15-12-13(8-1-2-8)19-11(20-14(12)16)5-7-3-9(17)6-10(18)4-7/h3-4,6,8H,1-2,5H2. The Kier molecular flexibility index (Phi) is 3.73. The fourth-order valence-electron chi connectivity index (χ4n) is 2.08. The number of halogens is 4. The molecule has 0 spiro atoms. The summed E-state index contributed by atoms with van der Waals surface area (Å²) in [5.41, 5.74) is 1.37. The molecule has 1 aliphatic carbocycles. The number of nitrogens with zero attached hydrogens (tertiary/aromatic N) is 2. The van der Waals surface area contributed by atoms with Crippen LogP contribution in [-0.4, -0.2) is 9.97 Å². The third-order valence-electron chi connectivity index (χ3n) is 3.13. The lowest BCUT2D eigenvalue weighted by molar-refractivity contribution is 0.580. The quantitative estimate of drug-likeness (QED) is 0.746. The van der Waals surface area contributed by atoms with E-state index in [2.05, 4.69) is 25.9 Å². The Labute approximate surface area is 128 Å². The van der Waals surface area contributed by atoms with Crippen LogP contribution in [0, 0.1) is 11.6 Å². The summed E-state index contributed by atoms with van der Waals surface area (Å²) in [4.78, 5) is 8.62. The van der Waals surface area contributed by atoms with E-state index in [1.165, 1.54) is 12.1 Å². The fraction of sp³-hybridized carbons (Fsp3) is 0.286. The van der Waals surface area contributed by atoms with Crippen LogP contribution in [0.15, 0.2) is 22.7 Å². The van der Waals surface area contributed by atoms with Gasteiger partial charge in [-0.25, -0.2) is 18.7 Å². The van der Waals surface area contributed by atoms with Crippen molar-refractivity contribution in [2.75, 3.05) is 0 Å². The van der Waals surface area contributed by atoms with Crippen LogP contribution in [0.4, 0.5) is 8.78 Å². The van der Waals surface area contributed by atoms with Crippen molar-refractivity contribution in [1.82, 2.24) is 9.97 Å². The Morgan fingerprint density at radius 2 is 1.80 bits per heavy atom. The molecular weight excluding hydrogens is 350 g/mol. The van der Waals surface area contributed by atoms with E-state index in [1.54, 1.807) is 0 Å². The second-order valence-electron chi connectivity index (χ2n) is 4.86. The van der Waals surface area contributed by atoms with Gasteiger partial charge in [0.25, 0.3) is 0 Å². The minimum Gasteiger partial charge on any atom is -0.236 e. The molecule has 0 amide bonds. The van der Waals surface area contributed by atoms with Gasteiger partial charge in [-0.05, 0) is 46.5 Å². The Morgan fingerprint density at radius 1 is 1.15 bits per heavy atom. The van der Waals surface area contributed by atoms with Gasteiger partial charge in [-0.1, -0.05) is 11.6 Å². The maximum atomic E-state index is 13.2. The van der Waals surface area contributed by atoms with Crippen molar-refractivity contribution in [2.24, 2.45) is 0 Å². The van der Waals surface area contributed by atoms with Gasteiger partial charge in [0.1, 0.15) is 22.6 Å². The summed E-state index contributed by atoms with van der Waals surface area (Å²) >= 11 is 9.46. The molecule has 0 saturated heterocycles. The zero-order valence-electron chi connectivity index (χ0n) is 10.3. The third kappa shape index (κ3) is 2.99. The highest BCUT2D eigenvalue weighted by Crippen LogP contribution is 2.43. The maximum absolute atomic E-state index is 13.2. The van der Waals surface area contributed by atoms with Crippen LogP contribution in [0.5, 0.6) is 0 Å². The zero-order chi connectivity index (χ0) is 14.3. The maximum Gasteiger partial charge on any atom is 0.147 e. The van der Waals surface area contributed by atoms with Crippen LogP contribution in [0.25, 0.3) is 0 Å². The first-order valence-electron chi connectivity index (χ1n) is 6.19. The molecule has 6 heteroatoms. The lowest BCUT2D eigenvalue weighted by Crippen LogP contribution is -2.02. The predicted octanol–water partition coefficient (Wildman–Crippen LogP) is 4.64. The van der Waals surface area contributed by atoms with Crippen molar-refractivity contribution in [3.63, 3.8) is 0 Å². The molecule has 1 aromatic heterocycles. The molecule has 1 saturated carbocycles. The van der Waals surface area contributed by atoms with Crippen LogP contribution in [-0.2, 0) is 6.42 Å². The largest absolute Gasteiger partial charge is 0.236 e. The van der Waals surface area contributed by atoms with E-state index in [-0.39, 0.29) is 6.42 Å². The molecule has 20 heavy (non-hydrogen) atoms. The molecule has 3 rings (SSSR count). The average molecular weight is 360 g/mol. The second-order valence-corrected chi connectivity index (χ2v) is 6.01. The minimum atomic E-state index is -0.606. The molecule has 0 unspecified atom stereocenters. The normalized spacial score (nSPS) is 14.6. The first-order valence-corrected chi connectivity index (χ1v) is 7.37. The molecule has 2 nitrogen and oxygen atoms in total. The molecule has 0 atom stereocenters. The van der Waals surface area contributed by atoms with E-state index in [4.69, 9.17) is 11.6 Å². The van der Waals surface area contributed by atoms with Crippen molar-refractivity contribution in [2.45, 2.75) is 25.2 Å². The van der Waals surface area contributed by atoms with Gasteiger partial charge in [0.15, 0.2) is 0 Å². The van der Waals surface area contributed by atoms with Gasteiger partial charge in [0.05, 0.1) is 10.2 Å². The smallest absolute Gasteiger partial charge is 0.147 e. The van der Waals surface area contributed by atoms with Crippen molar-refractivity contribution in [3.8, 4) is 0 Å². The summed E-state index contributed by atoms with van der Waals surface area (Å²) in [6.07, 6.45) is 2.42. The number of aromatic nitrogens is 2. The minimum absolute atomic E-state index is 0.251. The fourth-order valence-corrected chi connectivity index (χ4v) is 2.78. The SMILES string of the molecule is Fc1cc(F)cc(Cc2nc(Cl)c(Br)c(C3CC3)n2)c1. The molecule has 1 fully saturated rings. The second kappa shape index (κ2) is 5.37. The molecule has 0 bridgehead atoms. The predicted molar refractivity (Wildman–Crippen MR) is 75.9 cm³/mol. The van der Waals surface area contributed by atoms with Crippen LogP contribution >= 0.6 is 27.5 Å². The van der Waals surface area contributed by atoms with Crippen molar-refractivity contribution in [3.05, 3.63) is 56.5 Å². The molecule has 1 heterocycles. The van der Waals surface area contributed by atoms with Crippen molar-refractivity contribution < 1.29 is 8.78 Å². The van der Waals surface area contributed by atoms with Gasteiger partial charge in [-0.2, -0.15) is 0 Å². The van der Waals surface area contributed by atoms with E-state index in [0.717, 1.165) is 29.1 Å². The van der Waals surface area contributed by atoms with Gasteiger partial charge in [-0.15, -0.1) is 0 Å². The van der Waals surface area contributed by atoms with Crippen LogP contribution in [0.1, 0.15) is 35.8 Å². The van der Waals surface area contributed by atoms with Gasteiger partial charge in [-0.3, -0.25) is 0 Å². The summed E-state index contributed by atoms with van der Waals surface area (Å²) in [7, 11) is 0. The third-order valence-corrected chi connectivity index (χ3v) is 4.41. The monoisotopic (exact) mass is 358 g/mol. The van der Waals surface area contributed by atoms with Crippen molar-refractivity contribution >= 4 is 27.5 Å². The first-order chi connectivity index (χ1) is 9.52. The highest BCUT2D eigenvalue weighted by Gasteiger charge is 2.29. The van der Waals surface area contributed by atoms with E-state index >= 15 is 0 Å². The molecule has 0 radical (unpaired) electrons. The Hall–Kier alpha value is -1.07. The Balaban J connectivity index is 1.94. The zero-order valence-corrected chi connectivity index (χ0v) is 12.7. The van der Waals surface area contributed by atoms with Crippen LogP contribution in [0.2, 0.25) is 5.15 Å². The Bertz CT molecular complexity index is 654. The summed E-state index contributed by atoms with van der Waals surface area (Å²) in [6, 6.07) is 3.40. The van der Waals surface area contributed by atoms with Crippen LogP contribution in [0.3, 0.4) is 0 Å². The molecule has 104 valence electrons. The number of benzene rings is 1. The van der Waals surface area contributed by atoms with E-state index in [9.17, 15) is 8.78 Å². The summed E-state index contributed by atoms with van der Waals surface area (Å²) in [5.74, 6) is -0.325. The summed E-state index contributed by atoms with van der Waals surface area (Å²) in [5, 5.41) is 0.341. The van der Waals surface area contributed by atoms with E-state index in [1.807, 2.05) is 0 Å². The highest BCUT2D eigenvalue weighted by atomic mass is 79.9. The van der Waals surface area contributed by atoms with Crippen molar-refractivity contribution in [1.29, 1.82) is 0 Å². The molecule has 1 aliphatic rings. The number of hydrogen-bond donors (Lipinski definition) is 0. The average Bonchev–Trinajstić information content (AvgIpc) is 3.16. The lowest BCUT2D eigenvalue weighted by atomic mass is 10.1. The van der Waals surface area contributed by atoms with E-state index < -0.39 is 11.6 Å². The molecule has 0 N–H and O–H groups in total. The highest BCUT2D eigenvalue weighted by molar-refractivity contribution is 9.10. The lowest BCUT2D eigenvalue weighted by Gasteiger charge is -2.07. The van der Waals surface area contributed by atoms with Gasteiger partial charge >= 0.3 is 0 Å². The van der Waals surface area contributed by atoms with Gasteiger partial charge in [0, 0.05) is 18.4 Å². The number of rotatable bonds is 3. The topological polar surface area (TPSA) is 25.8 Å². The van der Waals surface area contributed by atoms with Gasteiger partial charge < -0.3 is 0 Å². The Morgan fingerprint density at radius 3 is 2.40 bits per heavy atom. The van der Waals surface area contributed by atoms with E-state index in [0.29, 0.717) is 22.5 Å². The summed E-state index contributed by atoms with van der Waals surface area (Å²) in [6.45, 7) is 0. The first kappa shape index (κ1) is 13.9. The van der Waals surface area contributed by atoms with Crippen LogP contribution < -0.4 is 0 Å². The molecule has 2 aromatic rings. The van der Waals surface area contributed by atoms with Gasteiger partial charge in [0.2, 0.25) is 0 Å². The molecular formula is C14H10BrClF2N2.